The summed E-state index contributed by atoms with van der Waals surface area (Å²) in [6.45, 7) is 4.85. The molecule has 1 fully saturated rings. The maximum Gasteiger partial charge on any atom is 0.435 e. The molecule has 1 heterocycles. The molecule has 1 aromatic carbocycles. The minimum Gasteiger partial charge on any atom is -0.354 e. The highest BCUT2D eigenvalue weighted by atomic mass is 19.4. The summed E-state index contributed by atoms with van der Waals surface area (Å²) in [7, 11) is 1.81. The smallest absolute Gasteiger partial charge is 0.354 e. The summed E-state index contributed by atoms with van der Waals surface area (Å²) in [5.41, 5.74) is -1.47. The molecule has 202 valence electrons. The molecule has 3 rings (SSSR count). The average Bonchev–Trinajstić information content (AvgIpc) is 3.33. The molecule has 0 aliphatic heterocycles. The lowest BCUT2D eigenvalue weighted by Gasteiger charge is -2.30. The number of para-hydroxylation sites is 1. The molecule has 0 bridgehead atoms. The van der Waals surface area contributed by atoms with Crippen LogP contribution in [0.2, 0.25) is 0 Å². The van der Waals surface area contributed by atoms with Gasteiger partial charge in [0.2, 0.25) is 11.8 Å². The summed E-state index contributed by atoms with van der Waals surface area (Å²) in [6, 6.07) is 8.19. The molecule has 37 heavy (non-hydrogen) atoms. The number of alkyl halides is 3. The minimum absolute atomic E-state index is 0.0355. The third kappa shape index (κ3) is 7.56. The van der Waals surface area contributed by atoms with Crippen LogP contribution in [0.5, 0.6) is 0 Å². The van der Waals surface area contributed by atoms with E-state index in [1.165, 1.54) is 0 Å². The number of carbonyl (C=O) groups excluding carboxylic acids is 3. The Morgan fingerprint density at radius 3 is 2.22 bits per heavy atom. The molecule has 0 atom stereocenters. The molecule has 1 aliphatic rings. The Bertz CT molecular complexity index is 1080. The quantitative estimate of drug-likeness (QED) is 0.493. The van der Waals surface area contributed by atoms with Crippen molar-refractivity contribution in [2.45, 2.75) is 45.7 Å². The van der Waals surface area contributed by atoms with Crippen LogP contribution >= 0.6 is 0 Å². The Labute approximate surface area is 214 Å². The Hall–Kier alpha value is -3.37. The van der Waals surface area contributed by atoms with E-state index >= 15 is 0 Å². The molecule has 2 aromatic rings. The number of halogens is 3. The normalized spacial score (nSPS) is 17.9. The maximum absolute atomic E-state index is 13.5. The average molecular weight is 522 g/mol. The van der Waals surface area contributed by atoms with Crippen LogP contribution in [0.25, 0.3) is 5.69 Å². The number of amides is 3. The Balaban J connectivity index is 1.47. The maximum atomic E-state index is 13.5. The van der Waals surface area contributed by atoms with E-state index in [-0.39, 0.29) is 36.7 Å². The second-order valence-corrected chi connectivity index (χ2v) is 9.88. The van der Waals surface area contributed by atoms with Crippen LogP contribution in [-0.2, 0) is 15.8 Å². The van der Waals surface area contributed by atoms with Crippen molar-refractivity contribution in [2.75, 3.05) is 26.7 Å². The third-order valence-corrected chi connectivity index (χ3v) is 6.42. The number of hydrogen-bond donors (Lipinski definition) is 2. The van der Waals surface area contributed by atoms with E-state index < -0.39 is 23.3 Å². The lowest BCUT2D eigenvalue weighted by molar-refractivity contribution is -0.141. The van der Waals surface area contributed by atoms with Gasteiger partial charge in [-0.1, -0.05) is 32.0 Å². The van der Waals surface area contributed by atoms with E-state index in [1.54, 1.807) is 42.3 Å². The largest absolute Gasteiger partial charge is 0.435 e. The van der Waals surface area contributed by atoms with Crippen LogP contribution in [0, 0.1) is 17.8 Å². The fraction of sp³-hybridized carbons (Fsp3) is 0.538. The van der Waals surface area contributed by atoms with E-state index in [0.29, 0.717) is 43.8 Å². The SMILES string of the molecule is CC(C)CN(C)C(=O)[C@H]1CC[C@H](C(=O)NCCNC(=O)c2cn(-c3ccccc3)nc2C(F)(F)F)CC1. The fourth-order valence-corrected chi connectivity index (χ4v) is 4.62. The van der Waals surface area contributed by atoms with Gasteiger partial charge >= 0.3 is 6.18 Å². The van der Waals surface area contributed by atoms with Crippen molar-refractivity contribution in [1.29, 1.82) is 0 Å². The molecule has 0 saturated heterocycles. The molecule has 2 N–H and O–H groups in total. The first-order valence-electron chi connectivity index (χ1n) is 12.5. The van der Waals surface area contributed by atoms with Crippen molar-refractivity contribution in [3.8, 4) is 5.69 Å². The van der Waals surface area contributed by atoms with Gasteiger partial charge in [-0.3, -0.25) is 14.4 Å². The Kier molecular flexibility index (Phi) is 9.34. The molecule has 0 spiro atoms. The molecule has 3 amide bonds. The lowest BCUT2D eigenvalue weighted by atomic mass is 9.81. The van der Waals surface area contributed by atoms with Gasteiger partial charge in [-0.2, -0.15) is 18.3 Å². The first kappa shape index (κ1) is 28.2. The Morgan fingerprint density at radius 2 is 1.62 bits per heavy atom. The predicted octanol–water partition coefficient (Wildman–Crippen LogP) is 3.66. The van der Waals surface area contributed by atoms with Crippen LogP contribution in [0.15, 0.2) is 36.5 Å². The van der Waals surface area contributed by atoms with Crippen molar-refractivity contribution >= 4 is 17.7 Å². The summed E-state index contributed by atoms with van der Waals surface area (Å²) in [5.74, 6) is -0.902. The van der Waals surface area contributed by atoms with Crippen molar-refractivity contribution in [3.63, 3.8) is 0 Å². The van der Waals surface area contributed by atoms with Gasteiger partial charge in [0.25, 0.3) is 5.91 Å². The van der Waals surface area contributed by atoms with Crippen molar-refractivity contribution in [2.24, 2.45) is 17.8 Å². The molecular weight excluding hydrogens is 487 g/mol. The van der Waals surface area contributed by atoms with Gasteiger partial charge in [-0.05, 0) is 43.7 Å². The summed E-state index contributed by atoms with van der Waals surface area (Å²) < 4.78 is 41.5. The van der Waals surface area contributed by atoms with E-state index in [2.05, 4.69) is 29.6 Å². The van der Waals surface area contributed by atoms with Gasteiger partial charge in [0.15, 0.2) is 5.69 Å². The zero-order chi connectivity index (χ0) is 27.2. The van der Waals surface area contributed by atoms with Crippen LogP contribution in [0.4, 0.5) is 13.2 Å². The topological polar surface area (TPSA) is 96.3 Å². The summed E-state index contributed by atoms with van der Waals surface area (Å²) in [6.07, 6.45) is -1.28. The minimum atomic E-state index is -4.80. The van der Waals surface area contributed by atoms with Crippen LogP contribution in [-0.4, -0.2) is 59.1 Å². The van der Waals surface area contributed by atoms with Gasteiger partial charge in [0, 0.05) is 44.7 Å². The van der Waals surface area contributed by atoms with E-state index in [0.717, 1.165) is 10.9 Å². The number of aromatic nitrogens is 2. The summed E-state index contributed by atoms with van der Waals surface area (Å²) >= 11 is 0. The summed E-state index contributed by atoms with van der Waals surface area (Å²) in [5, 5.41) is 8.73. The fourth-order valence-electron chi connectivity index (χ4n) is 4.62. The van der Waals surface area contributed by atoms with Crippen molar-refractivity contribution in [1.82, 2.24) is 25.3 Å². The number of hydrogen-bond acceptors (Lipinski definition) is 4. The molecule has 11 heteroatoms. The van der Waals surface area contributed by atoms with Crippen molar-refractivity contribution in [3.05, 3.63) is 47.8 Å². The van der Waals surface area contributed by atoms with Gasteiger partial charge in [0.1, 0.15) is 0 Å². The van der Waals surface area contributed by atoms with Crippen LogP contribution in [0.3, 0.4) is 0 Å². The number of nitrogens with one attached hydrogen (secondary N) is 2. The molecule has 8 nitrogen and oxygen atoms in total. The van der Waals surface area contributed by atoms with Gasteiger partial charge < -0.3 is 15.5 Å². The van der Waals surface area contributed by atoms with Crippen LogP contribution < -0.4 is 10.6 Å². The first-order chi connectivity index (χ1) is 17.5. The van der Waals surface area contributed by atoms with E-state index in [9.17, 15) is 27.6 Å². The number of carbonyl (C=O) groups is 3. The highest BCUT2D eigenvalue weighted by molar-refractivity contribution is 5.95. The third-order valence-electron chi connectivity index (χ3n) is 6.42. The highest BCUT2D eigenvalue weighted by Gasteiger charge is 2.39. The molecule has 1 aromatic heterocycles. The number of nitrogens with zero attached hydrogens (tertiary/aromatic N) is 3. The van der Waals surface area contributed by atoms with Crippen LogP contribution in [0.1, 0.15) is 55.6 Å². The molecule has 0 unspecified atom stereocenters. The van der Waals surface area contributed by atoms with E-state index in [4.69, 9.17) is 0 Å². The molecule has 0 radical (unpaired) electrons. The second kappa shape index (κ2) is 12.2. The van der Waals surface area contributed by atoms with E-state index in [1.807, 2.05) is 0 Å². The number of rotatable bonds is 9. The monoisotopic (exact) mass is 521 g/mol. The predicted molar refractivity (Wildman–Crippen MR) is 132 cm³/mol. The van der Waals surface area contributed by atoms with Gasteiger partial charge in [0.05, 0.1) is 11.3 Å². The molecule has 1 saturated carbocycles. The second-order valence-electron chi connectivity index (χ2n) is 9.88. The molecule has 1 aliphatic carbocycles. The molecular formula is C26H34F3N5O3. The Morgan fingerprint density at radius 1 is 1.03 bits per heavy atom. The zero-order valence-corrected chi connectivity index (χ0v) is 21.3. The van der Waals surface area contributed by atoms with Gasteiger partial charge in [-0.15, -0.1) is 0 Å². The number of benzene rings is 1. The summed E-state index contributed by atoms with van der Waals surface area (Å²) in [4.78, 5) is 39.4. The first-order valence-corrected chi connectivity index (χ1v) is 12.5. The van der Waals surface area contributed by atoms with Crippen molar-refractivity contribution < 1.29 is 27.6 Å². The van der Waals surface area contributed by atoms with Gasteiger partial charge in [-0.25, -0.2) is 4.68 Å². The lowest BCUT2D eigenvalue weighted by Crippen LogP contribution is -2.41. The standard InChI is InChI=1S/C26H34F3N5O3/c1-17(2)15-33(3)25(37)19-11-9-18(10-12-19)23(35)30-13-14-31-24(36)21-16-34(20-7-5-4-6-8-20)32-22(21)26(27,28)29/h4-8,16-19H,9-15H2,1-3H3,(H,30,35)(H,31,36)/t18-,19-. The highest BCUT2D eigenvalue weighted by Crippen LogP contribution is 2.32. The zero-order valence-electron chi connectivity index (χ0n) is 21.3.